The van der Waals surface area contributed by atoms with Crippen molar-refractivity contribution in [2.75, 3.05) is 31.1 Å². The molecule has 1 fully saturated rings. The van der Waals surface area contributed by atoms with Gasteiger partial charge in [-0.1, -0.05) is 29.8 Å². The largest absolute Gasteiger partial charge is 0.358 e. The molecule has 24 heavy (non-hydrogen) atoms. The first-order valence-electron chi connectivity index (χ1n) is 7.80. The topological polar surface area (TPSA) is 50.8 Å². The number of nitro groups is 1. The molecule has 0 bridgehead atoms. The molecule has 0 radical (unpaired) electrons. The Kier molecular flexibility index (Phi) is 4.97. The number of hydrogen-bond acceptors (Lipinski definition) is 3. The van der Waals surface area contributed by atoms with E-state index in [1.807, 2.05) is 17.0 Å². The van der Waals surface area contributed by atoms with E-state index in [9.17, 15) is 14.5 Å². The van der Waals surface area contributed by atoms with Gasteiger partial charge in [-0.15, -0.1) is 0 Å². The van der Waals surface area contributed by atoms with Gasteiger partial charge < -0.3 is 9.80 Å². The van der Waals surface area contributed by atoms with Crippen molar-refractivity contribution in [2.24, 2.45) is 0 Å². The lowest BCUT2D eigenvalue weighted by Gasteiger charge is -2.33. The summed E-state index contributed by atoms with van der Waals surface area (Å²) in [5.41, 5.74) is 1.47. The summed E-state index contributed by atoms with van der Waals surface area (Å²) in [5.74, 6) is -0.200. The zero-order valence-corrected chi connectivity index (χ0v) is 13.8. The summed E-state index contributed by atoms with van der Waals surface area (Å²) in [7, 11) is 0. The third-order valence-corrected chi connectivity index (χ3v) is 4.64. The minimum absolute atomic E-state index is 0.0569. The van der Waals surface area contributed by atoms with Crippen LogP contribution in [0.4, 0.5) is 15.8 Å². The molecule has 1 N–H and O–H groups in total. The predicted octanol–water partition coefficient (Wildman–Crippen LogP) is 2.29. The normalized spacial score (nSPS) is 15.5. The standard InChI is InChI=1S/C17H17ClFN3O2/c18-14-6-5-13(11-17(14)22(23)24)12-20-7-9-21(10-8-20)16-4-2-1-3-15(16)19/h1-6,11H,7-10,12H2/p+1. The number of nitro benzene ring substituents is 1. The van der Waals surface area contributed by atoms with Crippen molar-refractivity contribution >= 4 is 23.0 Å². The molecule has 0 spiro atoms. The maximum Gasteiger partial charge on any atom is 0.288 e. The van der Waals surface area contributed by atoms with Gasteiger partial charge in [-0.25, -0.2) is 4.39 Å². The van der Waals surface area contributed by atoms with Crippen LogP contribution in [0, 0.1) is 15.9 Å². The van der Waals surface area contributed by atoms with Crippen LogP contribution in [0.15, 0.2) is 42.5 Å². The lowest BCUT2D eigenvalue weighted by atomic mass is 10.1. The van der Waals surface area contributed by atoms with Gasteiger partial charge in [0.2, 0.25) is 0 Å². The van der Waals surface area contributed by atoms with E-state index in [0.717, 1.165) is 31.7 Å². The van der Waals surface area contributed by atoms with Crippen LogP contribution < -0.4 is 9.80 Å². The summed E-state index contributed by atoms with van der Waals surface area (Å²) in [4.78, 5) is 13.9. The van der Waals surface area contributed by atoms with Crippen molar-refractivity contribution in [1.82, 2.24) is 0 Å². The summed E-state index contributed by atoms with van der Waals surface area (Å²) in [6.07, 6.45) is 0. The monoisotopic (exact) mass is 350 g/mol. The Balaban J connectivity index is 1.63. The summed E-state index contributed by atoms with van der Waals surface area (Å²) in [5, 5.41) is 11.1. The summed E-state index contributed by atoms with van der Waals surface area (Å²) in [6.45, 7) is 3.91. The van der Waals surface area contributed by atoms with E-state index >= 15 is 0 Å². The molecule has 0 atom stereocenters. The Morgan fingerprint density at radius 3 is 2.58 bits per heavy atom. The minimum Gasteiger partial charge on any atom is -0.358 e. The van der Waals surface area contributed by atoms with Gasteiger partial charge in [-0.3, -0.25) is 10.1 Å². The van der Waals surface area contributed by atoms with Crippen molar-refractivity contribution < 1.29 is 14.2 Å². The number of hydrogen-bond donors (Lipinski definition) is 1. The molecule has 2 aromatic rings. The number of nitrogens with zero attached hydrogens (tertiary/aromatic N) is 2. The summed E-state index contributed by atoms with van der Waals surface area (Å²) >= 11 is 5.85. The molecule has 0 aromatic heterocycles. The zero-order valence-electron chi connectivity index (χ0n) is 13.0. The number of nitrogens with one attached hydrogen (secondary N) is 1. The van der Waals surface area contributed by atoms with Crippen LogP contribution in [0.1, 0.15) is 5.56 Å². The quantitative estimate of drug-likeness (QED) is 0.680. The van der Waals surface area contributed by atoms with Gasteiger partial charge in [0, 0.05) is 11.6 Å². The fourth-order valence-corrected chi connectivity index (χ4v) is 3.23. The molecule has 0 unspecified atom stereocenters. The Bertz CT molecular complexity index is 748. The Morgan fingerprint density at radius 2 is 1.92 bits per heavy atom. The van der Waals surface area contributed by atoms with Crippen LogP contribution in [0.5, 0.6) is 0 Å². The van der Waals surface area contributed by atoms with Crippen molar-refractivity contribution in [1.29, 1.82) is 0 Å². The highest BCUT2D eigenvalue weighted by Crippen LogP contribution is 2.24. The van der Waals surface area contributed by atoms with Gasteiger partial charge in [0.25, 0.3) is 5.69 Å². The first-order chi connectivity index (χ1) is 11.5. The average Bonchev–Trinajstić information content (AvgIpc) is 2.58. The van der Waals surface area contributed by atoms with Crippen LogP contribution in [0.3, 0.4) is 0 Å². The predicted molar refractivity (Wildman–Crippen MR) is 91.1 cm³/mol. The Labute approximate surface area is 144 Å². The van der Waals surface area contributed by atoms with Gasteiger partial charge in [0.05, 0.1) is 36.8 Å². The second-order valence-electron chi connectivity index (χ2n) is 5.91. The van der Waals surface area contributed by atoms with Crippen molar-refractivity contribution in [3.8, 4) is 0 Å². The van der Waals surface area contributed by atoms with Gasteiger partial charge in [0.1, 0.15) is 17.4 Å². The molecule has 0 aliphatic carbocycles. The highest BCUT2D eigenvalue weighted by molar-refractivity contribution is 6.32. The first-order valence-corrected chi connectivity index (χ1v) is 8.18. The van der Waals surface area contributed by atoms with Crippen LogP contribution in [0.2, 0.25) is 5.02 Å². The van der Waals surface area contributed by atoms with Crippen molar-refractivity contribution in [3.05, 3.63) is 69.0 Å². The SMILES string of the molecule is O=[N+]([O-])c1cc(C[NH+]2CCN(c3ccccc3F)CC2)ccc1Cl. The van der Waals surface area contributed by atoms with E-state index in [1.54, 1.807) is 24.3 Å². The van der Waals surface area contributed by atoms with Crippen LogP contribution in [-0.4, -0.2) is 31.1 Å². The number of rotatable bonds is 4. The second-order valence-corrected chi connectivity index (χ2v) is 6.32. The van der Waals surface area contributed by atoms with E-state index in [2.05, 4.69) is 0 Å². The molecule has 0 amide bonds. The molecule has 0 saturated carbocycles. The number of piperazine rings is 1. The molecule has 5 nitrogen and oxygen atoms in total. The number of halogens is 2. The lowest BCUT2D eigenvalue weighted by molar-refractivity contribution is -0.914. The van der Waals surface area contributed by atoms with Gasteiger partial charge in [0.15, 0.2) is 0 Å². The third-order valence-electron chi connectivity index (χ3n) is 4.33. The third kappa shape index (κ3) is 3.66. The number of benzene rings is 2. The maximum atomic E-state index is 13.9. The second kappa shape index (κ2) is 7.15. The van der Waals surface area contributed by atoms with E-state index in [-0.39, 0.29) is 16.5 Å². The molecule has 1 aliphatic rings. The number of para-hydroxylation sites is 1. The van der Waals surface area contributed by atoms with Crippen molar-refractivity contribution in [2.45, 2.75) is 6.54 Å². The van der Waals surface area contributed by atoms with E-state index in [4.69, 9.17) is 11.6 Å². The smallest absolute Gasteiger partial charge is 0.288 e. The highest BCUT2D eigenvalue weighted by Gasteiger charge is 2.23. The van der Waals surface area contributed by atoms with Gasteiger partial charge in [-0.05, 0) is 18.2 Å². The molecule has 7 heteroatoms. The molecule has 3 rings (SSSR count). The Hall–Kier alpha value is -2.18. The highest BCUT2D eigenvalue weighted by atomic mass is 35.5. The average molecular weight is 351 g/mol. The molecular weight excluding hydrogens is 333 g/mol. The van der Waals surface area contributed by atoms with Gasteiger partial charge in [-0.2, -0.15) is 0 Å². The van der Waals surface area contributed by atoms with Crippen LogP contribution in [-0.2, 0) is 6.54 Å². The molecule has 1 heterocycles. The zero-order chi connectivity index (χ0) is 17.1. The van der Waals surface area contributed by atoms with Crippen LogP contribution in [0.25, 0.3) is 0 Å². The summed E-state index contributed by atoms with van der Waals surface area (Å²) in [6, 6.07) is 11.7. The lowest BCUT2D eigenvalue weighted by Crippen LogP contribution is -3.13. The van der Waals surface area contributed by atoms with Crippen LogP contribution >= 0.6 is 11.6 Å². The van der Waals surface area contributed by atoms with Gasteiger partial charge >= 0.3 is 0 Å². The summed E-state index contributed by atoms with van der Waals surface area (Å²) < 4.78 is 13.9. The van der Waals surface area contributed by atoms with Crippen molar-refractivity contribution in [3.63, 3.8) is 0 Å². The molecule has 1 aliphatic heterocycles. The molecule has 2 aromatic carbocycles. The molecule has 126 valence electrons. The molecular formula is C17H18ClFN3O2+. The number of anilines is 1. The Morgan fingerprint density at radius 1 is 1.21 bits per heavy atom. The van der Waals surface area contributed by atoms with E-state index < -0.39 is 4.92 Å². The number of quaternary nitrogens is 1. The first kappa shape index (κ1) is 16.7. The maximum absolute atomic E-state index is 13.9. The molecule has 1 saturated heterocycles. The van der Waals surface area contributed by atoms with E-state index in [1.165, 1.54) is 11.0 Å². The van der Waals surface area contributed by atoms with E-state index in [0.29, 0.717) is 12.2 Å². The fraction of sp³-hybridized carbons (Fsp3) is 0.294. The minimum atomic E-state index is -0.461. The fourth-order valence-electron chi connectivity index (χ4n) is 3.05.